The quantitative estimate of drug-likeness (QED) is 0.392. The van der Waals surface area contributed by atoms with Crippen molar-refractivity contribution in [3.63, 3.8) is 0 Å². The number of nitrogen functional groups attached to an aromatic ring is 1. The van der Waals surface area contributed by atoms with Gasteiger partial charge >= 0.3 is 0 Å². The van der Waals surface area contributed by atoms with Crippen LogP contribution in [-0.4, -0.2) is 48.5 Å². The predicted octanol–water partition coefficient (Wildman–Crippen LogP) is 4.16. The molecule has 0 unspecified atom stereocenters. The van der Waals surface area contributed by atoms with Gasteiger partial charge < -0.3 is 20.9 Å². The van der Waals surface area contributed by atoms with Gasteiger partial charge in [-0.05, 0) is 59.5 Å². The second-order valence-electron chi connectivity index (χ2n) is 9.41. The highest BCUT2D eigenvalue weighted by Gasteiger charge is 2.23. The lowest BCUT2D eigenvalue weighted by atomic mass is 9.99. The number of amides is 1. The normalized spacial score (nSPS) is 16.4. The number of nitrogens with two attached hydrogens (primary N) is 1. The lowest BCUT2D eigenvalue weighted by Gasteiger charge is -2.36. The van der Waals surface area contributed by atoms with E-state index in [4.69, 9.17) is 5.73 Å². The van der Waals surface area contributed by atoms with Gasteiger partial charge in [0.1, 0.15) is 5.82 Å². The van der Waals surface area contributed by atoms with Gasteiger partial charge in [-0.2, -0.15) is 0 Å². The third-order valence-corrected chi connectivity index (χ3v) is 7.15. The van der Waals surface area contributed by atoms with E-state index in [1.165, 1.54) is 23.4 Å². The first-order valence-corrected chi connectivity index (χ1v) is 12.1. The smallest absolute Gasteiger partial charge is 0.252 e. The summed E-state index contributed by atoms with van der Waals surface area (Å²) >= 11 is 0. The van der Waals surface area contributed by atoms with E-state index in [1.807, 2.05) is 12.1 Å². The summed E-state index contributed by atoms with van der Waals surface area (Å²) in [6.45, 7) is 5.44. The molecule has 2 aliphatic heterocycles. The van der Waals surface area contributed by atoms with Crippen LogP contribution in [0.25, 0.3) is 22.2 Å². The third-order valence-electron chi connectivity index (χ3n) is 7.15. The Kier molecular flexibility index (Phi) is 5.41. The molecule has 0 saturated carbocycles. The second-order valence-corrected chi connectivity index (χ2v) is 9.41. The Hall–Kier alpha value is -3.84. The SMILES string of the molecule is Nc1ccc(N2CCN(Cc3ccc(-c4[nH]c5cc(F)cc6c5c4CCNC6=O)cc3)CC2)cc1. The number of aromatic nitrogens is 1. The zero-order valence-corrected chi connectivity index (χ0v) is 19.5. The standard InChI is InChI=1S/C28H28FN5O/c29-20-15-24-26-23(9-10-31-28(24)35)27(32-25(26)16-20)19-3-1-18(2-4-19)17-33-11-13-34(14-12-33)22-7-5-21(30)6-8-22/h1-8,15-16,32H,9-14,17,30H2,(H,31,35). The van der Waals surface area contributed by atoms with Crippen molar-refractivity contribution in [2.45, 2.75) is 13.0 Å². The average Bonchev–Trinajstić information content (AvgIpc) is 3.14. The highest BCUT2D eigenvalue weighted by atomic mass is 19.1. The molecule has 0 radical (unpaired) electrons. The van der Waals surface area contributed by atoms with Crippen molar-refractivity contribution in [1.29, 1.82) is 0 Å². The molecule has 6 rings (SSSR count). The first-order chi connectivity index (χ1) is 17.0. The minimum Gasteiger partial charge on any atom is -0.399 e. The first-order valence-electron chi connectivity index (χ1n) is 12.1. The van der Waals surface area contributed by atoms with Crippen LogP contribution in [0.5, 0.6) is 0 Å². The molecule has 178 valence electrons. The van der Waals surface area contributed by atoms with Crippen LogP contribution in [-0.2, 0) is 13.0 Å². The molecule has 35 heavy (non-hydrogen) atoms. The molecule has 1 amide bonds. The van der Waals surface area contributed by atoms with Gasteiger partial charge in [0.25, 0.3) is 5.91 Å². The zero-order valence-electron chi connectivity index (χ0n) is 19.5. The topological polar surface area (TPSA) is 77.4 Å². The van der Waals surface area contributed by atoms with Gasteiger partial charge in [-0.1, -0.05) is 24.3 Å². The maximum atomic E-state index is 14.2. The number of nitrogens with zero attached hydrogens (tertiary/aromatic N) is 2. The fourth-order valence-electron chi connectivity index (χ4n) is 5.32. The lowest BCUT2D eigenvalue weighted by molar-refractivity contribution is 0.0957. The number of nitrogens with one attached hydrogen (secondary N) is 2. The first kappa shape index (κ1) is 21.7. The molecule has 0 spiro atoms. The second kappa shape index (κ2) is 8.74. The van der Waals surface area contributed by atoms with Crippen LogP contribution in [0.1, 0.15) is 21.5 Å². The molecule has 0 aliphatic carbocycles. The number of anilines is 2. The lowest BCUT2D eigenvalue weighted by Crippen LogP contribution is -2.45. The Morgan fingerprint density at radius 1 is 0.943 bits per heavy atom. The van der Waals surface area contributed by atoms with Crippen molar-refractivity contribution < 1.29 is 9.18 Å². The average molecular weight is 470 g/mol. The van der Waals surface area contributed by atoms with Crippen LogP contribution in [0.2, 0.25) is 0 Å². The van der Waals surface area contributed by atoms with E-state index in [9.17, 15) is 9.18 Å². The van der Waals surface area contributed by atoms with Crippen LogP contribution >= 0.6 is 0 Å². The van der Waals surface area contributed by atoms with E-state index in [0.717, 1.165) is 60.6 Å². The predicted molar refractivity (Wildman–Crippen MR) is 138 cm³/mol. The number of carbonyl (C=O) groups is 1. The number of hydrogen-bond acceptors (Lipinski definition) is 4. The van der Waals surface area contributed by atoms with E-state index >= 15 is 0 Å². The van der Waals surface area contributed by atoms with E-state index in [2.05, 4.69) is 56.5 Å². The molecule has 3 heterocycles. The highest BCUT2D eigenvalue weighted by Crippen LogP contribution is 2.35. The van der Waals surface area contributed by atoms with Crippen molar-refractivity contribution in [3.8, 4) is 11.3 Å². The van der Waals surface area contributed by atoms with Crippen LogP contribution in [0, 0.1) is 5.82 Å². The van der Waals surface area contributed by atoms with Gasteiger partial charge in [-0.15, -0.1) is 0 Å². The number of aromatic amines is 1. The maximum absolute atomic E-state index is 14.2. The summed E-state index contributed by atoms with van der Waals surface area (Å²) in [5, 5.41) is 3.71. The summed E-state index contributed by atoms with van der Waals surface area (Å²) < 4.78 is 14.2. The number of halogens is 1. The Bertz CT molecular complexity index is 1390. The van der Waals surface area contributed by atoms with Gasteiger partial charge in [0.2, 0.25) is 0 Å². The van der Waals surface area contributed by atoms with E-state index < -0.39 is 5.82 Å². The van der Waals surface area contributed by atoms with Gasteiger partial charge in [0.05, 0.1) is 5.56 Å². The number of carbonyl (C=O) groups excluding carboxylic acids is 1. The van der Waals surface area contributed by atoms with E-state index in [1.54, 1.807) is 0 Å². The van der Waals surface area contributed by atoms with Crippen LogP contribution in [0.3, 0.4) is 0 Å². The molecule has 7 heteroatoms. The molecule has 0 atom stereocenters. The summed E-state index contributed by atoms with van der Waals surface area (Å²) in [7, 11) is 0. The van der Waals surface area contributed by atoms with Crippen LogP contribution < -0.4 is 16.0 Å². The molecule has 4 aromatic rings. The highest BCUT2D eigenvalue weighted by molar-refractivity contribution is 6.10. The molecule has 1 saturated heterocycles. The van der Waals surface area contributed by atoms with Crippen molar-refractivity contribution in [2.75, 3.05) is 43.4 Å². The summed E-state index contributed by atoms with van der Waals surface area (Å²) in [4.78, 5) is 20.7. The molecule has 6 nitrogen and oxygen atoms in total. The van der Waals surface area contributed by atoms with Gasteiger partial charge in [0, 0.05) is 67.2 Å². The Labute approximate surface area is 203 Å². The number of piperazine rings is 1. The summed E-state index contributed by atoms with van der Waals surface area (Å²) in [5.41, 5.74) is 13.3. The monoisotopic (exact) mass is 469 g/mol. The van der Waals surface area contributed by atoms with Crippen molar-refractivity contribution in [1.82, 2.24) is 15.2 Å². The van der Waals surface area contributed by atoms with Crippen molar-refractivity contribution in [2.24, 2.45) is 0 Å². The van der Waals surface area contributed by atoms with Crippen LogP contribution in [0.4, 0.5) is 15.8 Å². The molecule has 0 bridgehead atoms. The van der Waals surface area contributed by atoms with Gasteiger partial charge in [0.15, 0.2) is 0 Å². The van der Waals surface area contributed by atoms with Crippen molar-refractivity contribution in [3.05, 3.63) is 83.2 Å². The molecule has 4 N–H and O–H groups in total. The molecule has 1 aromatic heterocycles. The summed E-state index contributed by atoms with van der Waals surface area (Å²) in [6, 6.07) is 19.5. The minimum absolute atomic E-state index is 0.217. The van der Waals surface area contributed by atoms with Crippen LogP contribution in [0.15, 0.2) is 60.7 Å². The molecular formula is C28H28FN5O. The molecule has 2 aliphatic rings. The number of rotatable bonds is 4. The van der Waals surface area contributed by atoms with E-state index in [0.29, 0.717) is 24.0 Å². The molecule has 1 fully saturated rings. The van der Waals surface area contributed by atoms with E-state index in [-0.39, 0.29) is 5.91 Å². The largest absolute Gasteiger partial charge is 0.399 e. The number of benzene rings is 3. The summed E-state index contributed by atoms with van der Waals surface area (Å²) in [6.07, 6.45) is 0.708. The third kappa shape index (κ3) is 4.12. The van der Waals surface area contributed by atoms with Gasteiger partial charge in [-0.3, -0.25) is 9.69 Å². The Morgan fingerprint density at radius 3 is 2.43 bits per heavy atom. The molecular weight excluding hydrogens is 441 g/mol. The molecule has 3 aromatic carbocycles. The summed E-state index contributed by atoms with van der Waals surface area (Å²) in [5.74, 6) is -0.624. The maximum Gasteiger partial charge on any atom is 0.252 e. The fourth-order valence-corrected chi connectivity index (χ4v) is 5.32. The Balaban J connectivity index is 1.18. The zero-order chi connectivity index (χ0) is 23.9. The number of H-pyrrole nitrogens is 1. The minimum atomic E-state index is -0.407. The Morgan fingerprint density at radius 2 is 1.69 bits per heavy atom. The van der Waals surface area contributed by atoms with Gasteiger partial charge in [-0.25, -0.2) is 4.39 Å². The van der Waals surface area contributed by atoms with Crippen molar-refractivity contribution >= 4 is 28.2 Å². The number of hydrogen-bond donors (Lipinski definition) is 3. The fraction of sp³-hybridized carbons (Fsp3) is 0.250.